The molecular weight excluding hydrogens is 446 g/mol. The third-order valence-corrected chi connectivity index (χ3v) is 7.51. The minimum atomic E-state index is -3.81. The molecule has 2 heterocycles. The van der Waals surface area contributed by atoms with Crippen molar-refractivity contribution in [3.8, 4) is 0 Å². The number of aromatic nitrogens is 2. The first-order valence-corrected chi connectivity index (χ1v) is 11.8. The molecule has 0 spiro atoms. The van der Waals surface area contributed by atoms with Crippen molar-refractivity contribution >= 4 is 33.2 Å². The number of halogens is 1. The second-order valence-corrected chi connectivity index (χ2v) is 9.57. The zero-order valence-corrected chi connectivity index (χ0v) is 18.9. The fourth-order valence-electron chi connectivity index (χ4n) is 3.43. The Kier molecular flexibility index (Phi) is 6.97. The van der Waals surface area contributed by atoms with E-state index in [-0.39, 0.29) is 42.7 Å². The van der Waals surface area contributed by atoms with Crippen LogP contribution in [0.2, 0.25) is 5.15 Å². The summed E-state index contributed by atoms with van der Waals surface area (Å²) < 4.78 is 28.6. The van der Waals surface area contributed by atoms with Crippen LogP contribution >= 0.6 is 11.6 Å². The summed E-state index contributed by atoms with van der Waals surface area (Å²) in [5.74, 6) is -0.266. The van der Waals surface area contributed by atoms with Crippen LogP contribution in [0.5, 0.6) is 0 Å². The molecule has 168 valence electrons. The summed E-state index contributed by atoms with van der Waals surface area (Å²) in [6.45, 7) is 5.07. The highest BCUT2D eigenvalue weighted by molar-refractivity contribution is 7.89. The van der Waals surface area contributed by atoms with Crippen molar-refractivity contribution in [1.82, 2.24) is 19.0 Å². The van der Waals surface area contributed by atoms with E-state index in [9.17, 15) is 23.3 Å². The standard InChI is InChI=1S/C19H24ClN5O5S/c1-3-4-9-24-18(20)17(14(2)21-24)19(26)22-10-12-23(13-11-22)31(29,30)16-7-5-15(6-8-16)25(27)28/h5-8H,3-4,9-13H2,1-2H3. The van der Waals surface area contributed by atoms with Crippen molar-refractivity contribution in [2.45, 2.75) is 38.1 Å². The maximum absolute atomic E-state index is 13.0. The number of amides is 1. The van der Waals surface area contributed by atoms with Crippen LogP contribution in [-0.2, 0) is 16.6 Å². The van der Waals surface area contributed by atoms with Crippen LogP contribution in [0.3, 0.4) is 0 Å². The quantitative estimate of drug-likeness (QED) is 0.454. The average Bonchev–Trinajstić information content (AvgIpc) is 3.04. The minimum absolute atomic E-state index is 0.0195. The Morgan fingerprint density at radius 3 is 2.35 bits per heavy atom. The number of non-ortho nitro benzene ring substituents is 1. The summed E-state index contributed by atoms with van der Waals surface area (Å²) >= 11 is 6.39. The van der Waals surface area contributed by atoms with Gasteiger partial charge >= 0.3 is 0 Å². The van der Waals surface area contributed by atoms with Crippen LogP contribution in [0.25, 0.3) is 0 Å². The predicted molar refractivity (Wildman–Crippen MR) is 115 cm³/mol. The summed E-state index contributed by atoms with van der Waals surface area (Å²) in [6, 6.07) is 4.76. The lowest BCUT2D eigenvalue weighted by Gasteiger charge is -2.34. The van der Waals surface area contributed by atoms with Crippen molar-refractivity contribution in [2.24, 2.45) is 0 Å². The number of nitro benzene ring substituents is 1. The highest BCUT2D eigenvalue weighted by Crippen LogP contribution is 2.25. The number of nitrogens with zero attached hydrogens (tertiary/aromatic N) is 5. The molecule has 12 heteroatoms. The molecule has 1 aliphatic heterocycles. The van der Waals surface area contributed by atoms with Gasteiger partial charge in [-0.05, 0) is 25.5 Å². The van der Waals surface area contributed by atoms with Gasteiger partial charge in [0.2, 0.25) is 10.0 Å². The molecule has 31 heavy (non-hydrogen) atoms. The van der Waals surface area contributed by atoms with Gasteiger partial charge in [0.25, 0.3) is 11.6 Å². The SMILES string of the molecule is CCCCn1nc(C)c(C(=O)N2CCN(S(=O)(=O)c3ccc([N+](=O)[O-])cc3)CC2)c1Cl. The third-order valence-electron chi connectivity index (χ3n) is 5.21. The Morgan fingerprint density at radius 1 is 1.19 bits per heavy atom. The second kappa shape index (κ2) is 9.33. The monoisotopic (exact) mass is 469 g/mol. The molecule has 2 aromatic rings. The van der Waals surface area contributed by atoms with E-state index >= 15 is 0 Å². The van der Waals surface area contributed by atoms with Crippen molar-refractivity contribution in [1.29, 1.82) is 0 Å². The molecule has 1 aliphatic rings. The molecule has 1 amide bonds. The normalized spacial score (nSPS) is 15.3. The number of nitro groups is 1. The number of piperazine rings is 1. The Balaban J connectivity index is 1.70. The van der Waals surface area contributed by atoms with Gasteiger partial charge in [-0.2, -0.15) is 9.40 Å². The van der Waals surface area contributed by atoms with Crippen molar-refractivity contribution in [3.63, 3.8) is 0 Å². The Hall–Kier alpha value is -2.50. The number of benzene rings is 1. The van der Waals surface area contributed by atoms with Crippen LogP contribution in [-0.4, -0.2) is 64.4 Å². The Morgan fingerprint density at radius 2 is 1.81 bits per heavy atom. The number of aryl methyl sites for hydroxylation is 2. The molecule has 1 aromatic heterocycles. The van der Waals surface area contributed by atoms with Crippen molar-refractivity contribution in [2.75, 3.05) is 26.2 Å². The lowest BCUT2D eigenvalue weighted by atomic mass is 10.2. The Bertz CT molecular complexity index is 1080. The maximum Gasteiger partial charge on any atom is 0.269 e. The Labute approximate surface area is 185 Å². The largest absolute Gasteiger partial charge is 0.336 e. The smallest absolute Gasteiger partial charge is 0.269 e. The van der Waals surface area contributed by atoms with Gasteiger partial charge in [-0.15, -0.1) is 0 Å². The van der Waals surface area contributed by atoms with Gasteiger partial charge in [0.1, 0.15) is 5.15 Å². The second-order valence-electron chi connectivity index (χ2n) is 7.28. The van der Waals surface area contributed by atoms with E-state index in [2.05, 4.69) is 12.0 Å². The van der Waals surface area contributed by atoms with E-state index in [1.54, 1.807) is 16.5 Å². The van der Waals surface area contributed by atoms with Crippen LogP contribution < -0.4 is 0 Å². The summed E-state index contributed by atoms with van der Waals surface area (Å²) in [7, 11) is -3.81. The van der Waals surface area contributed by atoms with E-state index in [1.165, 1.54) is 16.4 Å². The van der Waals surface area contributed by atoms with Crippen molar-refractivity contribution in [3.05, 3.63) is 50.8 Å². The van der Waals surface area contributed by atoms with E-state index in [1.807, 2.05) is 0 Å². The first kappa shape index (κ1) is 23.2. The number of sulfonamides is 1. The molecule has 0 radical (unpaired) electrons. The molecule has 3 rings (SSSR count). The third kappa shape index (κ3) is 4.73. The summed E-state index contributed by atoms with van der Waals surface area (Å²) in [6.07, 6.45) is 1.87. The molecule has 0 aliphatic carbocycles. The van der Waals surface area contributed by atoms with E-state index in [0.29, 0.717) is 23.0 Å². The van der Waals surface area contributed by atoms with Gasteiger partial charge in [-0.3, -0.25) is 19.6 Å². The summed E-state index contributed by atoms with van der Waals surface area (Å²) in [4.78, 5) is 24.8. The van der Waals surface area contributed by atoms with Gasteiger partial charge in [0, 0.05) is 44.9 Å². The molecule has 10 nitrogen and oxygen atoms in total. The molecule has 0 unspecified atom stereocenters. The van der Waals surface area contributed by atoms with Gasteiger partial charge in [0.15, 0.2) is 0 Å². The highest BCUT2D eigenvalue weighted by atomic mass is 35.5. The number of hydrogen-bond acceptors (Lipinski definition) is 6. The average molecular weight is 470 g/mol. The summed E-state index contributed by atoms with van der Waals surface area (Å²) in [5.41, 5.74) is 0.720. The van der Waals surface area contributed by atoms with Gasteiger partial charge in [-0.1, -0.05) is 24.9 Å². The van der Waals surface area contributed by atoms with Crippen LogP contribution in [0.1, 0.15) is 35.8 Å². The van der Waals surface area contributed by atoms with Crippen molar-refractivity contribution < 1.29 is 18.1 Å². The number of unbranched alkanes of at least 4 members (excludes halogenated alkanes) is 1. The first-order chi connectivity index (χ1) is 14.7. The fraction of sp³-hybridized carbons (Fsp3) is 0.474. The first-order valence-electron chi connectivity index (χ1n) is 9.93. The number of carbonyl (C=O) groups excluding carboxylic acids is 1. The van der Waals surface area contributed by atoms with E-state index < -0.39 is 14.9 Å². The number of rotatable bonds is 7. The van der Waals surface area contributed by atoms with Crippen LogP contribution in [0.4, 0.5) is 5.69 Å². The zero-order chi connectivity index (χ0) is 22.8. The lowest BCUT2D eigenvalue weighted by molar-refractivity contribution is -0.384. The minimum Gasteiger partial charge on any atom is -0.336 e. The lowest BCUT2D eigenvalue weighted by Crippen LogP contribution is -2.50. The van der Waals surface area contributed by atoms with Gasteiger partial charge in [0.05, 0.1) is 21.1 Å². The van der Waals surface area contributed by atoms with Gasteiger partial charge < -0.3 is 4.90 Å². The van der Waals surface area contributed by atoms with Crippen LogP contribution in [0, 0.1) is 17.0 Å². The highest BCUT2D eigenvalue weighted by Gasteiger charge is 2.32. The molecule has 1 fully saturated rings. The van der Waals surface area contributed by atoms with Crippen LogP contribution in [0.15, 0.2) is 29.2 Å². The molecule has 0 saturated carbocycles. The van der Waals surface area contributed by atoms with Gasteiger partial charge in [-0.25, -0.2) is 8.42 Å². The maximum atomic E-state index is 13.0. The summed E-state index contributed by atoms with van der Waals surface area (Å²) in [5, 5.41) is 15.4. The molecule has 0 bridgehead atoms. The van der Waals surface area contributed by atoms with E-state index in [4.69, 9.17) is 11.6 Å². The topological polar surface area (TPSA) is 119 Å². The molecular formula is C19H24ClN5O5S. The molecule has 1 aromatic carbocycles. The molecule has 0 N–H and O–H groups in total. The molecule has 0 atom stereocenters. The zero-order valence-electron chi connectivity index (χ0n) is 17.3. The molecule has 1 saturated heterocycles. The predicted octanol–water partition coefficient (Wildman–Crippen LogP) is 2.70. The van der Waals surface area contributed by atoms with E-state index in [0.717, 1.165) is 25.0 Å². The fourth-order valence-corrected chi connectivity index (χ4v) is 5.19. The number of hydrogen-bond donors (Lipinski definition) is 0. The number of carbonyl (C=O) groups is 1.